The van der Waals surface area contributed by atoms with Gasteiger partial charge in [0.05, 0.1) is 4.90 Å². The van der Waals surface area contributed by atoms with Gasteiger partial charge in [-0.3, -0.25) is 4.79 Å². The van der Waals surface area contributed by atoms with Gasteiger partial charge in [0.25, 0.3) is 5.56 Å². The second-order valence-corrected chi connectivity index (χ2v) is 10.2. The highest BCUT2D eigenvalue weighted by atomic mass is 32.2. The molecule has 0 amide bonds. The van der Waals surface area contributed by atoms with E-state index < -0.39 is 27.2 Å². The van der Waals surface area contributed by atoms with Crippen molar-refractivity contribution >= 4 is 26.7 Å². The molecule has 8 nitrogen and oxygen atoms in total. The van der Waals surface area contributed by atoms with Crippen LogP contribution in [0.15, 0.2) is 52.3 Å². The topological polar surface area (TPSA) is 118 Å². The molecule has 176 valence electrons. The van der Waals surface area contributed by atoms with Crippen molar-refractivity contribution in [2.75, 3.05) is 6.26 Å². The first kappa shape index (κ1) is 23.2. The molecule has 0 spiro atoms. The molecule has 0 bridgehead atoms. The van der Waals surface area contributed by atoms with Crippen LogP contribution in [-0.4, -0.2) is 35.3 Å². The fraction of sp³-hybridized carbons (Fsp3) is 0.167. The number of nitrogens with one attached hydrogen (secondary N) is 1. The quantitative estimate of drug-likeness (QED) is 0.439. The molecule has 2 N–H and O–H groups in total. The molecule has 0 aliphatic carbocycles. The predicted molar refractivity (Wildman–Crippen MR) is 125 cm³/mol. The van der Waals surface area contributed by atoms with E-state index in [4.69, 9.17) is 4.74 Å². The molecule has 0 saturated heterocycles. The van der Waals surface area contributed by atoms with Gasteiger partial charge < -0.3 is 19.4 Å². The number of H-pyrrole nitrogens is 1. The van der Waals surface area contributed by atoms with Crippen LogP contribution in [-0.2, 0) is 16.9 Å². The zero-order valence-electron chi connectivity index (χ0n) is 18.8. The molecule has 10 heteroatoms. The lowest BCUT2D eigenvalue weighted by molar-refractivity contribution is 0.0691. The number of aryl methyl sites for hydroxylation is 3. The second kappa shape index (κ2) is 8.14. The molecule has 0 atom stereocenters. The van der Waals surface area contributed by atoms with Crippen LogP contribution in [0.1, 0.15) is 21.6 Å². The summed E-state index contributed by atoms with van der Waals surface area (Å²) in [5.41, 5.74) is 1.21. The molecule has 2 heterocycles. The zero-order valence-corrected chi connectivity index (χ0v) is 19.6. The number of sulfone groups is 1. The van der Waals surface area contributed by atoms with Crippen LogP contribution in [0.5, 0.6) is 11.5 Å². The van der Waals surface area contributed by atoms with E-state index in [1.54, 1.807) is 13.8 Å². The maximum absolute atomic E-state index is 13.8. The molecule has 2 aromatic carbocycles. The van der Waals surface area contributed by atoms with E-state index in [0.717, 1.165) is 6.26 Å². The van der Waals surface area contributed by atoms with E-state index in [2.05, 4.69) is 4.98 Å². The summed E-state index contributed by atoms with van der Waals surface area (Å²) in [7, 11) is -2.10. The van der Waals surface area contributed by atoms with Crippen molar-refractivity contribution < 1.29 is 27.4 Å². The van der Waals surface area contributed by atoms with E-state index in [1.807, 2.05) is 0 Å². The van der Waals surface area contributed by atoms with Gasteiger partial charge in [-0.05, 0) is 61.4 Å². The van der Waals surface area contributed by atoms with Gasteiger partial charge in [-0.15, -0.1) is 0 Å². The molecule has 0 unspecified atom stereocenters. The number of rotatable bonds is 5. The van der Waals surface area contributed by atoms with Crippen LogP contribution in [0.4, 0.5) is 4.39 Å². The molecule has 0 saturated carbocycles. The minimum atomic E-state index is -3.60. The monoisotopic (exact) mass is 484 g/mol. The van der Waals surface area contributed by atoms with Gasteiger partial charge in [-0.25, -0.2) is 17.6 Å². The Bertz CT molecular complexity index is 1630. The third kappa shape index (κ3) is 4.08. The van der Waals surface area contributed by atoms with Crippen molar-refractivity contribution in [3.63, 3.8) is 0 Å². The minimum absolute atomic E-state index is 0.0124. The number of aromatic nitrogens is 2. The summed E-state index contributed by atoms with van der Waals surface area (Å²) in [5.74, 6) is -1.01. The summed E-state index contributed by atoms with van der Waals surface area (Å²) in [6.45, 7) is 3.37. The smallest absolute Gasteiger partial charge is 0.352 e. The number of pyridine rings is 1. The molecular weight excluding hydrogens is 463 g/mol. The molecule has 4 rings (SSSR count). The Labute approximate surface area is 194 Å². The average molecular weight is 485 g/mol. The van der Waals surface area contributed by atoms with Crippen LogP contribution < -0.4 is 10.3 Å². The van der Waals surface area contributed by atoms with Gasteiger partial charge in [0.15, 0.2) is 9.84 Å². The van der Waals surface area contributed by atoms with Crippen LogP contribution in [0.3, 0.4) is 0 Å². The summed E-state index contributed by atoms with van der Waals surface area (Å²) < 4.78 is 45.8. The number of aromatic amines is 1. The Morgan fingerprint density at radius 2 is 1.74 bits per heavy atom. The van der Waals surface area contributed by atoms with Crippen LogP contribution in [0.25, 0.3) is 22.0 Å². The van der Waals surface area contributed by atoms with Gasteiger partial charge in [0.2, 0.25) is 0 Å². The van der Waals surface area contributed by atoms with E-state index in [0.29, 0.717) is 33.4 Å². The minimum Gasteiger partial charge on any atom is -0.477 e. The Hall–Kier alpha value is -3.92. The summed E-state index contributed by atoms with van der Waals surface area (Å²) in [6, 6.07) is 8.24. The van der Waals surface area contributed by atoms with Gasteiger partial charge >= 0.3 is 5.97 Å². The van der Waals surface area contributed by atoms with Gasteiger partial charge in [0.1, 0.15) is 28.5 Å². The lowest BCUT2D eigenvalue weighted by atomic mass is 10.0. The molecular formula is C24H21FN2O6S. The fourth-order valence-electron chi connectivity index (χ4n) is 3.87. The summed E-state index contributed by atoms with van der Waals surface area (Å²) in [6.07, 6.45) is 2.55. The number of ether oxygens (including phenoxy) is 1. The average Bonchev–Trinajstić information content (AvgIpc) is 3.19. The standard InChI is InChI=1S/C24H21FN2O6S/c1-12-7-14(25)8-13(2)22(12)33-20-6-5-15(34(4,31)32)9-16(20)18-11-27(3)23(28)21-17(18)10-19(26-21)24(29)30/h5-11,26H,1-4H3,(H,29,30). The maximum Gasteiger partial charge on any atom is 0.352 e. The Morgan fingerprint density at radius 1 is 1.09 bits per heavy atom. The van der Waals surface area contributed by atoms with Gasteiger partial charge in [-0.2, -0.15) is 0 Å². The van der Waals surface area contributed by atoms with Gasteiger partial charge in [-0.1, -0.05) is 0 Å². The van der Waals surface area contributed by atoms with E-state index >= 15 is 0 Å². The number of hydrogen-bond acceptors (Lipinski definition) is 5. The second-order valence-electron chi connectivity index (χ2n) is 8.14. The van der Waals surface area contributed by atoms with Crippen LogP contribution in [0.2, 0.25) is 0 Å². The summed E-state index contributed by atoms with van der Waals surface area (Å²) >= 11 is 0. The number of carboxylic acids is 1. The van der Waals surface area contributed by atoms with Crippen molar-refractivity contribution in [2.24, 2.45) is 7.05 Å². The zero-order chi connectivity index (χ0) is 24.9. The highest BCUT2D eigenvalue weighted by molar-refractivity contribution is 7.90. The van der Waals surface area contributed by atoms with Crippen molar-refractivity contribution in [1.82, 2.24) is 9.55 Å². The first-order valence-corrected chi connectivity index (χ1v) is 12.0. The third-order valence-electron chi connectivity index (χ3n) is 5.50. The number of hydrogen-bond donors (Lipinski definition) is 2. The van der Waals surface area contributed by atoms with Crippen molar-refractivity contribution in [3.05, 3.63) is 75.6 Å². The molecule has 34 heavy (non-hydrogen) atoms. The lowest BCUT2D eigenvalue weighted by Crippen LogP contribution is -2.16. The van der Waals surface area contributed by atoms with E-state index in [1.165, 1.54) is 54.2 Å². The lowest BCUT2D eigenvalue weighted by Gasteiger charge is -2.17. The Balaban J connectivity index is 2.05. The number of carboxylic acid groups (broad SMARTS) is 1. The number of carbonyl (C=O) groups is 1. The summed E-state index contributed by atoms with van der Waals surface area (Å²) in [4.78, 5) is 26.8. The highest BCUT2D eigenvalue weighted by Gasteiger charge is 2.21. The molecule has 0 radical (unpaired) electrons. The molecule has 2 aromatic heterocycles. The molecule has 0 aliphatic heterocycles. The van der Waals surface area contributed by atoms with Crippen LogP contribution in [0, 0.1) is 19.7 Å². The number of benzene rings is 2. The fourth-order valence-corrected chi connectivity index (χ4v) is 4.52. The third-order valence-corrected chi connectivity index (χ3v) is 6.61. The Kier molecular flexibility index (Phi) is 5.56. The van der Waals surface area contributed by atoms with Crippen molar-refractivity contribution in [1.29, 1.82) is 0 Å². The first-order chi connectivity index (χ1) is 15.9. The van der Waals surface area contributed by atoms with E-state index in [-0.39, 0.29) is 21.9 Å². The number of halogens is 1. The molecule has 4 aromatic rings. The predicted octanol–water partition coefficient (Wildman–Crippen LogP) is 4.18. The van der Waals surface area contributed by atoms with Crippen molar-refractivity contribution in [3.8, 4) is 22.6 Å². The largest absolute Gasteiger partial charge is 0.477 e. The molecule has 0 aliphatic rings. The van der Waals surface area contributed by atoms with Crippen molar-refractivity contribution in [2.45, 2.75) is 18.7 Å². The van der Waals surface area contributed by atoms with Crippen LogP contribution >= 0.6 is 0 Å². The summed E-state index contributed by atoms with van der Waals surface area (Å²) in [5, 5.41) is 9.71. The number of nitrogens with zero attached hydrogens (tertiary/aromatic N) is 1. The number of aromatic carboxylic acids is 1. The SMILES string of the molecule is Cc1cc(F)cc(C)c1Oc1ccc(S(C)(=O)=O)cc1-c1cn(C)c(=O)c2[nH]c(C(=O)O)cc12. The Morgan fingerprint density at radius 3 is 2.32 bits per heavy atom. The maximum atomic E-state index is 13.8. The first-order valence-electron chi connectivity index (χ1n) is 10.1. The molecule has 0 fully saturated rings. The highest BCUT2D eigenvalue weighted by Crippen LogP contribution is 2.40. The number of fused-ring (bicyclic) bond motifs is 1. The normalized spacial score (nSPS) is 11.7. The van der Waals surface area contributed by atoms with Gasteiger partial charge in [0, 0.05) is 36.0 Å². The van der Waals surface area contributed by atoms with E-state index in [9.17, 15) is 27.5 Å².